The number of ether oxygens (including phenoxy) is 1. The smallest absolute Gasteiger partial charge is 0.118 e. The number of benzene rings is 3. The largest absolute Gasteiger partial charge is 0.497 e. The van der Waals surface area contributed by atoms with Crippen molar-refractivity contribution in [2.24, 2.45) is 4.99 Å². The van der Waals surface area contributed by atoms with Crippen LogP contribution < -0.4 is 4.74 Å². The van der Waals surface area contributed by atoms with Gasteiger partial charge >= 0.3 is 0 Å². The standard InChI is InChI=1S/C21H17N3O/c1-25-19-10-7-16(8-11-19)14-22-17-9-12-21-20(13-17)23-15-24(21)18-5-3-2-4-6-18/h2-15H,1H3. The van der Waals surface area contributed by atoms with Gasteiger partial charge in [-0.05, 0) is 60.2 Å². The molecule has 0 unspecified atom stereocenters. The summed E-state index contributed by atoms with van der Waals surface area (Å²) in [4.78, 5) is 9.05. The van der Waals surface area contributed by atoms with Gasteiger partial charge in [0, 0.05) is 11.9 Å². The summed E-state index contributed by atoms with van der Waals surface area (Å²) in [6.07, 6.45) is 3.69. The molecular weight excluding hydrogens is 310 g/mol. The van der Waals surface area contributed by atoms with E-state index in [1.54, 1.807) is 7.11 Å². The Morgan fingerprint density at radius 3 is 2.52 bits per heavy atom. The average molecular weight is 327 g/mol. The molecule has 0 fully saturated rings. The summed E-state index contributed by atoms with van der Waals surface area (Å²) in [5.74, 6) is 0.838. The zero-order valence-electron chi connectivity index (χ0n) is 13.8. The van der Waals surface area contributed by atoms with E-state index in [1.807, 2.05) is 67.1 Å². The van der Waals surface area contributed by atoms with Crippen LogP contribution in [0.5, 0.6) is 5.75 Å². The SMILES string of the molecule is COc1ccc(C=Nc2ccc3c(c2)ncn3-c2ccccc2)cc1. The van der Waals surface area contributed by atoms with Gasteiger partial charge in [-0.25, -0.2) is 4.98 Å². The third kappa shape index (κ3) is 3.15. The number of hydrogen-bond donors (Lipinski definition) is 0. The highest BCUT2D eigenvalue weighted by Gasteiger charge is 2.04. The van der Waals surface area contributed by atoms with Crippen molar-refractivity contribution in [3.8, 4) is 11.4 Å². The Morgan fingerprint density at radius 1 is 0.960 bits per heavy atom. The second kappa shape index (κ2) is 6.61. The van der Waals surface area contributed by atoms with Crippen molar-refractivity contribution in [3.63, 3.8) is 0 Å². The van der Waals surface area contributed by atoms with E-state index in [4.69, 9.17) is 4.74 Å². The number of nitrogens with zero attached hydrogens (tertiary/aromatic N) is 3. The number of hydrogen-bond acceptors (Lipinski definition) is 3. The van der Waals surface area contributed by atoms with Gasteiger partial charge in [0.05, 0.1) is 23.8 Å². The van der Waals surface area contributed by atoms with Crippen molar-refractivity contribution in [1.82, 2.24) is 9.55 Å². The van der Waals surface area contributed by atoms with Gasteiger partial charge < -0.3 is 4.74 Å². The van der Waals surface area contributed by atoms with Crippen LogP contribution in [0.25, 0.3) is 16.7 Å². The predicted molar refractivity (Wildman–Crippen MR) is 101 cm³/mol. The normalized spacial score (nSPS) is 11.2. The number of fused-ring (bicyclic) bond motifs is 1. The second-order valence-corrected chi connectivity index (χ2v) is 5.65. The molecule has 0 saturated heterocycles. The summed E-state index contributed by atoms with van der Waals surface area (Å²) in [7, 11) is 1.66. The number of aromatic nitrogens is 2. The molecule has 0 aliphatic carbocycles. The molecule has 0 radical (unpaired) electrons. The fourth-order valence-corrected chi connectivity index (χ4v) is 2.71. The van der Waals surface area contributed by atoms with Crippen molar-refractivity contribution in [3.05, 3.63) is 84.7 Å². The topological polar surface area (TPSA) is 39.4 Å². The monoisotopic (exact) mass is 327 g/mol. The van der Waals surface area contributed by atoms with Crippen LogP contribution in [0.2, 0.25) is 0 Å². The van der Waals surface area contributed by atoms with Gasteiger partial charge in [0.2, 0.25) is 0 Å². The Morgan fingerprint density at radius 2 is 1.76 bits per heavy atom. The molecule has 0 amide bonds. The maximum Gasteiger partial charge on any atom is 0.118 e. The summed E-state index contributed by atoms with van der Waals surface area (Å²) in [5, 5.41) is 0. The summed E-state index contributed by atoms with van der Waals surface area (Å²) in [6.45, 7) is 0. The van der Waals surface area contributed by atoms with Gasteiger partial charge in [0.25, 0.3) is 0 Å². The zero-order chi connectivity index (χ0) is 17.1. The molecule has 122 valence electrons. The number of para-hydroxylation sites is 1. The molecule has 0 aliphatic rings. The lowest BCUT2D eigenvalue weighted by atomic mass is 10.2. The van der Waals surface area contributed by atoms with Crippen molar-refractivity contribution >= 4 is 22.9 Å². The number of rotatable bonds is 4. The summed E-state index contributed by atoms with van der Waals surface area (Å²) >= 11 is 0. The van der Waals surface area contributed by atoms with Gasteiger partial charge in [0.1, 0.15) is 12.1 Å². The van der Waals surface area contributed by atoms with E-state index in [1.165, 1.54) is 0 Å². The molecule has 3 aromatic carbocycles. The average Bonchev–Trinajstić information content (AvgIpc) is 3.10. The summed E-state index contributed by atoms with van der Waals surface area (Å²) in [6, 6.07) is 24.0. The highest BCUT2D eigenvalue weighted by atomic mass is 16.5. The Balaban J connectivity index is 1.62. The predicted octanol–water partition coefficient (Wildman–Crippen LogP) is 4.78. The van der Waals surface area contributed by atoms with Crippen LogP contribution in [0.4, 0.5) is 5.69 Å². The quantitative estimate of drug-likeness (QED) is 0.506. The molecule has 4 nitrogen and oxygen atoms in total. The fraction of sp³-hybridized carbons (Fsp3) is 0.0476. The molecule has 1 heterocycles. The second-order valence-electron chi connectivity index (χ2n) is 5.65. The number of aliphatic imine (C=N–C) groups is 1. The minimum atomic E-state index is 0.838. The Labute approximate surface area is 146 Å². The molecule has 4 aromatic rings. The lowest BCUT2D eigenvalue weighted by molar-refractivity contribution is 0.415. The Hall–Kier alpha value is -3.40. The summed E-state index contributed by atoms with van der Waals surface area (Å²) < 4.78 is 7.24. The molecule has 1 aromatic heterocycles. The van der Waals surface area contributed by atoms with E-state index in [0.717, 1.165) is 33.7 Å². The van der Waals surface area contributed by atoms with E-state index >= 15 is 0 Å². The molecule has 4 rings (SSSR count). The Kier molecular flexibility index (Phi) is 4.01. The van der Waals surface area contributed by atoms with Crippen LogP contribution in [-0.4, -0.2) is 22.9 Å². The van der Waals surface area contributed by atoms with Gasteiger partial charge in [0.15, 0.2) is 0 Å². The van der Waals surface area contributed by atoms with E-state index in [9.17, 15) is 0 Å². The molecule has 4 heteroatoms. The molecule has 0 N–H and O–H groups in total. The van der Waals surface area contributed by atoms with E-state index in [2.05, 4.69) is 32.7 Å². The van der Waals surface area contributed by atoms with Crippen LogP contribution in [-0.2, 0) is 0 Å². The zero-order valence-corrected chi connectivity index (χ0v) is 13.8. The van der Waals surface area contributed by atoms with E-state index in [0.29, 0.717) is 0 Å². The third-order valence-electron chi connectivity index (χ3n) is 4.04. The van der Waals surface area contributed by atoms with Crippen LogP contribution in [0.1, 0.15) is 5.56 Å². The first-order valence-corrected chi connectivity index (χ1v) is 8.04. The van der Waals surface area contributed by atoms with Gasteiger partial charge in [-0.3, -0.25) is 9.56 Å². The number of imidazole rings is 1. The number of methoxy groups -OCH3 is 1. The first-order valence-electron chi connectivity index (χ1n) is 8.04. The van der Waals surface area contributed by atoms with Crippen LogP contribution in [0, 0.1) is 0 Å². The maximum atomic E-state index is 5.16. The van der Waals surface area contributed by atoms with Crippen molar-refractivity contribution in [1.29, 1.82) is 0 Å². The fourth-order valence-electron chi connectivity index (χ4n) is 2.71. The van der Waals surface area contributed by atoms with Crippen molar-refractivity contribution < 1.29 is 4.74 Å². The molecule has 0 saturated carbocycles. The molecular formula is C21H17N3O. The minimum absolute atomic E-state index is 0.838. The van der Waals surface area contributed by atoms with Gasteiger partial charge in [-0.15, -0.1) is 0 Å². The molecule has 25 heavy (non-hydrogen) atoms. The molecule has 0 atom stereocenters. The van der Waals surface area contributed by atoms with E-state index < -0.39 is 0 Å². The highest BCUT2D eigenvalue weighted by Crippen LogP contribution is 2.23. The van der Waals surface area contributed by atoms with Crippen LogP contribution in [0.15, 0.2) is 84.1 Å². The highest BCUT2D eigenvalue weighted by molar-refractivity contribution is 5.85. The first kappa shape index (κ1) is 15.1. The lowest BCUT2D eigenvalue weighted by Crippen LogP contribution is -1.90. The van der Waals surface area contributed by atoms with Crippen LogP contribution >= 0.6 is 0 Å². The van der Waals surface area contributed by atoms with Crippen molar-refractivity contribution in [2.75, 3.05) is 7.11 Å². The molecule has 0 spiro atoms. The molecule has 0 bridgehead atoms. The minimum Gasteiger partial charge on any atom is -0.497 e. The van der Waals surface area contributed by atoms with Crippen molar-refractivity contribution in [2.45, 2.75) is 0 Å². The maximum absolute atomic E-state index is 5.16. The van der Waals surface area contributed by atoms with Gasteiger partial charge in [-0.1, -0.05) is 18.2 Å². The van der Waals surface area contributed by atoms with Crippen LogP contribution in [0.3, 0.4) is 0 Å². The van der Waals surface area contributed by atoms with Gasteiger partial charge in [-0.2, -0.15) is 0 Å². The molecule has 0 aliphatic heterocycles. The Bertz CT molecular complexity index is 1020. The lowest BCUT2D eigenvalue weighted by Gasteiger charge is -2.03. The third-order valence-corrected chi connectivity index (χ3v) is 4.04. The van der Waals surface area contributed by atoms with E-state index in [-0.39, 0.29) is 0 Å². The first-order chi connectivity index (χ1) is 12.3. The summed E-state index contributed by atoms with van der Waals surface area (Å²) in [5.41, 5.74) is 4.99.